The molecule has 174 valence electrons. The monoisotopic (exact) mass is 492 g/mol. The number of anilines is 2. The summed E-state index contributed by atoms with van der Waals surface area (Å²) in [5.41, 5.74) is 3.82. The normalized spacial score (nSPS) is 20.2. The quantitative estimate of drug-likeness (QED) is 0.468. The largest absolute Gasteiger partial charge is 0.497 e. The number of hydrogen-bond donors (Lipinski definition) is 0. The van der Waals surface area contributed by atoms with Gasteiger partial charge in [-0.25, -0.2) is 0 Å². The number of carbonyl (C=O) groups excluding carboxylic acids is 2. The Morgan fingerprint density at radius 1 is 0.618 bits per heavy atom. The Morgan fingerprint density at radius 3 is 1.29 bits per heavy atom. The summed E-state index contributed by atoms with van der Waals surface area (Å²) in [4.78, 5) is 29.1. The average molecular weight is 493 g/mol. The van der Waals surface area contributed by atoms with Gasteiger partial charge in [-0.05, 0) is 59.7 Å². The van der Waals surface area contributed by atoms with Crippen molar-refractivity contribution < 1.29 is 19.1 Å². The van der Waals surface area contributed by atoms with Crippen LogP contribution in [0.2, 0.25) is 0 Å². The van der Waals surface area contributed by atoms with Crippen molar-refractivity contribution in [1.29, 1.82) is 0 Å². The van der Waals surface area contributed by atoms with Crippen molar-refractivity contribution in [3.05, 3.63) is 83.9 Å². The Kier molecular flexibility index (Phi) is 6.43. The molecule has 2 saturated heterocycles. The van der Waals surface area contributed by atoms with Gasteiger partial charge in [-0.3, -0.25) is 19.4 Å². The Labute approximate surface area is 207 Å². The Morgan fingerprint density at radius 2 is 0.971 bits per heavy atom. The fourth-order valence-corrected chi connectivity index (χ4v) is 6.57. The highest BCUT2D eigenvalue weighted by atomic mass is 32.2. The smallest absolute Gasteiger partial charge is 0.238 e. The number of benzene rings is 3. The van der Waals surface area contributed by atoms with Gasteiger partial charge in [0.1, 0.15) is 22.2 Å². The van der Waals surface area contributed by atoms with E-state index in [2.05, 4.69) is 24.3 Å². The van der Waals surface area contributed by atoms with Gasteiger partial charge in [0.25, 0.3) is 0 Å². The highest BCUT2D eigenvalue weighted by Crippen LogP contribution is 2.45. The van der Waals surface area contributed by atoms with E-state index in [0.29, 0.717) is 11.5 Å². The van der Waals surface area contributed by atoms with Gasteiger partial charge in [0.15, 0.2) is 0 Å². The summed E-state index contributed by atoms with van der Waals surface area (Å²) in [6.07, 6.45) is 0. The van der Waals surface area contributed by atoms with Crippen molar-refractivity contribution in [3.8, 4) is 11.5 Å². The van der Waals surface area contributed by atoms with E-state index in [1.54, 1.807) is 37.7 Å². The molecule has 2 aliphatic heterocycles. The fraction of sp³-hybridized carbons (Fsp3) is 0.231. The zero-order chi connectivity index (χ0) is 23.7. The molecule has 0 aromatic heterocycles. The van der Waals surface area contributed by atoms with Crippen LogP contribution < -0.4 is 19.3 Å². The summed E-state index contributed by atoms with van der Waals surface area (Å²) in [6, 6.07) is 23.4. The Hall–Kier alpha value is -3.10. The number of nitrogens with zero attached hydrogens (tertiary/aromatic N) is 2. The lowest BCUT2D eigenvalue weighted by Gasteiger charge is -2.26. The van der Waals surface area contributed by atoms with E-state index in [1.807, 2.05) is 58.3 Å². The van der Waals surface area contributed by atoms with Crippen molar-refractivity contribution in [2.75, 3.05) is 35.5 Å². The molecule has 2 atom stereocenters. The molecule has 8 heteroatoms. The van der Waals surface area contributed by atoms with Crippen LogP contribution in [0.1, 0.15) is 21.9 Å². The highest BCUT2D eigenvalue weighted by Gasteiger charge is 2.36. The predicted molar refractivity (Wildman–Crippen MR) is 138 cm³/mol. The second kappa shape index (κ2) is 9.64. The van der Waals surface area contributed by atoms with Crippen molar-refractivity contribution in [2.45, 2.75) is 10.7 Å². The molecule has 2 amide bonds. The molecule has 2 fully saturated rings. The molecule has 34 heavy (non-hydrogen) atoms. The first-order valence-corrected chi connectivity index (χ1v) is 12.9. The summed E-state index contributed by atoms with van der Waals surface area (Å²) in [5.74, 6) is 2.58. The summed E-state index contributed by atoms with van der Waals surface area (Å²) in [6.45, 7) is 0. The maximum Gasteiger partial charge on any atom is 0.238 e. The molecule has 0 unspecified atom stereocenters. The molecule has 0 radical (unpaired) electrons. The van der Waals surface area contributed by atoms with Gasteiger partial charge in [0.2, 0.25) is 11.8 Å². The summed E-state index contributed by atoms with van der Waals surface area (Å²) in [7, 11) is 3.25. The van der Waals surface area contributed by atoms with Crippen molar-refractivity contribution in [3.63, 3.8) is 0 Å². The first-order chi connectivity index (χ1) is 16.6. The first-order valence-electron chi connectivity index (χ1n) is 10.8. The minimum absolute atomic E-state index is 0.0897. The van der Waals surface area contributed by atoms with Gasteiger partial charge in [-0.15, -0.1) is 23.5 Å². The van der Waals surface area contributed by atoms with Crippen LogP contribution in [0.15, 0.2) is 72.8 Å². The molecule has 2 aliphatic rings. The van der Waals surface area contributed by atoms with Crippen LogP contribution in [0, 0.1) is 0 Å². The van der Waals surface area contributed by atoms with Crippen molar-refractivity contribution >= 4 is 46.7 Å². The van der Waals surface area contributed by atoms with Crippen LogP contribution in [-0.4, -0.2) is 37.5 Å². The maximum absolute atomic E-state index is 12.7. The summed E-state index contributed by atoms with van der Waals surface area (Å²) >= 11 is 3.24. The number of amides is 2. The number of methoxy groups -OCH3 is 2. The molecular weight excluding hydrogens is 468 g/mol. The number of carbonyl (C=O) groups is 2. The summed E-state index contributed by atoms with van der Waals surface area (Å²) in [5, 5.41) is -0.184. The van der Waals surface area contributed by atoms with Gasteiger partial charge in [-0.1, -0.05) is 24.3 Å². The lowest BCUT2D eigenvalue weighted by Crippen LogP contribution is -2.28. The van der Waals surface area contributed by atoms with Crippen molar-refractivity contribution in [1.82, 2.24) is 0 Å². The molecule has 0 N–H and O–H groups in total. The second-order valence-electron chi connectivity index (χ2n) is 7.92. The minimum Gasteiger partial charge on any atom is -0.497 e. The van der Waals surface area contributed by atoms with E-state index in [9.17, 15) is 9.59 Å². The Balaban J connectivity index is 1.39. The van der Waals surface area contributed by atoms with Crippen LogP contribution in [0.5, 0.6) is 11.5 Å². The predicted octanol–water partition coefficient (Wildman–Crippen LogP) is 5.26. The van der Waals surface area contributed by atoms with E-state index < -0.39 is 0 Å². The van der Waals surface area contributed by atoms with Crippen LogP contribution in [0.4, 0.5) is 11.4 Å². The number of ether oxygens (including phenoxy) is 2. The molecule has 3 aromatic rings. The minimum atomic E-state index is -0.0921. The molecule has 0 bridgehead atoms. The van der Waals surface area contributed by atoms with Gasteiger partial charge in [-0.2, -0.15) is 0 Å². The van der Waals surface area contributed by atoms with E-state index in [1.165, 1.54) is 0 Å². The van der Waals surface area contributed by atoms with Crippen LogP contribution in [0.3, 0.4) is 0 Å². The van der Waals surface area contributed by atoms with Gasteiger partial charge in [0.05, 0.1) is 25.7 Å². The van der Waals surface area contributed by atoms with Gasteiger partial charge < -0.3 is 9.47 Å². The molecule has 5 rings (SSSR count). The molecule has 0 aliphatic carbocycles. The number of rotatable bonds is 6. The molecule has 3 aromatic carbocycles. The number of thioether (sulfide) groups is 2. The third-order valence-electron chi connectivity index (χ3n) is 5.94. The van der Waals surface area contributed by atoms with Crippen molar-refractivity contribution in [2.24, 2.45) is 0 Å². The fourth-order valence-electron chi connectivity index (χ4n) is 4.21. The first kappa shape index (κ1) is 22.7. The van der Waals surface area contributed by atoms with Gasteiger partial charge >= 0.3 is 0 Å². The van der Waals surface area contributed by atoms with E-state index in [4.69, 9.17) is 9.47 Å². The van der Waals surface area contributed by atoms with E-state index in [0.717, 1.165) is 34.0 Å². The van der Waals surface area contributed by atoms with Crippen LogP contribution >= 0.6 is 23.5 Å². The molecular formula is C26H24N2O4S2. The molecule has 2 heterocycles. The van der Waals surface area contributed by atoms with Crippen LogP contribution in [0.25, 0.3) is 0 Å². The molecule has 0 spiro atoms. The third-order valence-corrected chi connectivity index (χ3v) is 8.37. The number of hydrogen-bond acceptors (Lipinski definition) is 6. The summed E-state index contributed by atoms with van der Waals surface area (Å²) < 4.78 is 10.5. The van der Waals surface area contributed by atoms with E-state index in [-0.39, 0.29) is 22.6 Å². The lowest BCUT2D eigenvalue weighted by molar-refractivity contribution is -0.116. The second-order valence-corrected chi connectivity index (χ2v) is 10.1. The molecule has 6 nitrogen and oxygen atoms in total. The SMILES string of the molecule is COc1ccc(N2C(=O)CS[C@H]2c2ccc([C@@H]3SCC(=O)N3c3ccc(OC)cc3)cc2)cc1. The zero-order valence-corrected chi connectivity index (χ0v) is 20.5. The third kappa shape index (κ3) is 4.23. The lowest BCUT2D eigenvalue weighted by atomic mass is 10.1. The van der Waals surface area contributed by atoms with Gasteiger partial charge in [0, 0.05) is 11.4 Å². The van der Waals surface area contributed by atoms with E-state index >= 15 is 0 Å². The average Bonchev–Trinajstić information content (AvgIpc) is 3.46. The zero-order valence-electron chi connectivity index (χ0n) is 18.8. The topological polar surface area (TPSA) is 59.1 Å². The maximum atomic E-state index is 12.7. The standard InChI is InChI=1S/C26H24N2O4S2/c1-31-21-11-7-19(8-12-21)27-23(29)15-33-25(27)17-3-5-18(6-4-17)26-28(24(30)16-34-26)20-9-13-22(32-2)14-10-20/h3-14,25-26H,15-16H2,1-2H3/t25-,26-/m0/s1. The highest BCUT2D eigenvalue weighted by molar-refractivity contribution is 8.01. The van der Waals surface area contributed by atoms with Crippen LogP contribution in [-0.2, 0) is 9.59 Å². The molecule has 0 saturated carbocycles. The Bertz CT molecular complexity index is 1090.